The van der Waals surface area contributed by atoms with Gasteiger partial charge in [0.15, 0.2) is 11.5 Å². The molecule has 1 fully saturated rings. The van der Waals surface area contributed by atoms with Gasteiger partial charge < -0.3 is 15.2 Å². The van der Waals surface area contributed by atoms with Crippen LogP contribution >= 0.6 is 15.9 Å². The van der Waals surface area contributed by atoms with E-state index in [9.17, 15) is 14.7 Å². The molecule has 0 bridgehead atoms. The molecule has 0 atom stereocenters. The molecule has 3 amide bonds. The van der Waals surface area contributed by atoms with Gasteiger partial charge in [-0.1, -0.05) is 22.0 Å². The Balaban J connectivity index is 2.39. The highest BCUT2D eigenvalue weighted by Crippen LogP contribution is 2.35. The van der Waals surface area contributed by atoms with Crippen LogP contribution in [0.3, 0.4) is 0 Å². The fourth-order valence-corrected chi connectivity index (χ4v) is 2.45. The highest BCUT2D eigenvalue weighted by Gasteiger charge is 2.32. The number of phenols is 1. The number of ether oxygens (including phenoxy) is 1. The molecule has 1 heterocycles. The van der Waals surface area contributed by atoms with Gasteiger partial charge in [0.1, 0.15) is 5.70 Å². The minimum atomic E-state index is -0.518. The number of nitrogens with one attached hydrogen (secondary N) is 1. The highest BCUT2D eigenvalue weighted by atomic mass is 79.9. The van der Waals surface area contributed by atoms with Gasteiger partial charge in [0, 0.05) is 16.6 Å². The van der Waals surface area contributed by atoms with Crippen LogP contribution in [-0.2, 0) is 4.79 Å². The molecule has 0 aromatic heterocycles. The summed E-state index contributed by atoms with van der Waals surface area (Å²) in [5, 5.41) is 12.7. The molecule has 1 aliphatic heterocycles. The monoisotopic (exact) mass is 366 g/mol. The Bertz CT molecular complexity index is 670. The number of benzene rings is 1. The van der Waals surface area contributed by atoms with Crippen molar-refractivity contribution >= 4 is 33.9 Å². The number of aromatic hydroxyl groups is 1. The van der Waals surface area contributed by atoms with Crippen LogP contribution in [0.25, 0.3) is 6.08 Å². The molecule has 1 aliphatic rings. The summed E-state index contributed by atoms with van der Waals surface area (Å²) in [6.07, 6.45) is 2.87. The molecule has 1 saturated heterocycles. The SMILES string of the molecule is C=CCN1C(=O)N/C(=C/c2cc(Br)cc(OCC)c2O)C1=O. The molecule has 0 saturated carbocycles. The van der Waals surface area contributed by atoms with Crippen molar-refractivity contribution in [3.63, 3.8) is 0 Å². The molecule has 7 heteroatoms. The number of carbonyl (C=O) groups is 2. The number of rotatable bonds is 5. The number of amides is 3. The lowest BCUT2D eigenvalue weighted by Crippen LogP contribution is -2.30. The van der Waals surface area contributed by atoms with Crippen molar-refractivity contribution in [3.05, 3.63) is 40.5 Å². The third-order valence-corrected chi connectivity index (χ3v) is 3.40. The Morgan fingerprint density at radius 3 is 2.82 bits per heavy atom. The summed E-state index contributed by atoms with van der Waals surface area (Å²) in [4.78, 5) is 24.8. The summed E-state index contributed by atoms with van der Waals surface area (Å²) in [6.45, 7) is 5.82. The number of nitrogens with zero attached hydrogens (tertiary/aromatic N) is 1. The predicted octanol–water partition coefficient (Wildman–Crippen LogP) is 2.63. The number of halogens is 1. The van der Waals surface area contributed by atoms with E-state index in [0.29, 0.717) is 22.4 Å². The molecular formula is C15H15BrN2O4. The van der Waals surface area contributed by atoms with E-state index < -0.39 is 11.9 Å². The zero-order chi connectivity index (χ0) is 16.3. The van der Waals surface area contributed by atoms with E-state index in [0.717, 1.165) is 4.90 Å². The smallest absolute Gasteiger partial charge is 0.329 e. The Morgan fingerprint density at radius 2 is 2.18 bits per heavy atom. The average molecular weight is 367 g/mol. The Hall–Kier alpha value is -2.28. The van der Waals surface area contributed by atoms with Gasteiger partial charge in [-0.2, -0.15) is 0 Å². The molecule has 1 aromatic carbocycles. The van der Waals surface area contributed by atoms with Crippen molar-refractivity contribution in [1.82, 2.24) is 10.2 Å². The van der Waals surface area contributed by atoms with Gasteiger partial charge >= 0.3 is 6.03 Å². The summed E-state index contributed by atoms with van der Waals surface area (Å²) in [7, 11) is 0. The second kappa shape index (κ2) is 6.65. The topological polar surface area (TPSA) is 78.9 Å². The number of hydrogen-bond donors (Lipinski definition) is 2. The van der Waals surface area contributed by atoms with Crippen molar-refractivity contribution in [3.8, 4) is 11.5 Å². The largest absolute Gasteiger partial charge is 0.504 e. The number of imide groups is 1. The van der Waals surface area contributed by atoms with E-state index in [-0.39, 0.29) is 18.0 Å². The van der Waals surface area contributed by atoms with E-state index in [1.165, 1.54) is 12.2 Å². The van der Waals surface area contributed by atoms with Gasteiger partial charge in [-0.25, -0.2) is 4.79 Å². The lowest BCUT2D eigenvalue weighted by Gasteiger charge is -2.09. The first-order valence-electron chi connectivity index (χ1n) is 6.58. The van der Waals surface area contributed by atoms with E-state index in [1.54, 1.807) is 19.1 Å². The first kappa shape index (κ1) is 16.1. The summed E-state index contributed by atoms with van der Waals surface area (Å²) in [6, 6.07) is 2.73. The van der Waals surface area contributed by atoms with Crippen LogP contribution in [0.2, 0.25) is 0 Å². The molecule has 1 aromatic rings. The first-order chi connectivity index (χ1) is 10.5. The lowest BCUT2D eigenvalue weighted by molar-refractivity contribution is -0.122. The second-order valence-corrected chi connectivity index (χ2v) is 5.38. The maximum Gasteiger partial charge on any atom is 0.329 e. The molecule has 6 nitrogen and oxygen atoms in total. The number of carbonyl (C=O) groups excluding carboxylic acids is 2. The van der Waals surface area contributed by atoms with Gasteiger partial charge in [-0.05, 0) is 25.1 Å². The van der Waals surface area contributed by atoms with Crippen LogP contribution in [0.5, 0.6) is 11.5 Å². The van der Waals surface area contributed by atoms with E-state index in [2.05, 4.69) is 27.8 Å². The number of phenolic OH excluding ortho intramolecular Hbond substituents is 1. The Labute approximate surface area is 136 Å². The third-order valence-electron chi connectivity index (χ3n) is 2.94. The minimum absolute atomic E-state index is 0.0858. The molecule has 116 valence electrons. The van der Waals surface area contributed by atoms with Crippen LogP contribution in [0.1, 0.15) is 12.5 Å². The van der Waals surface area contributed by atoms with Crippen molar-refractivity contribution in [2.75, 3.05) is 13.2 Å². The zero-order valence-corrected chi connectivity index (χ0v) is 13.5. The molecule has 0 spiro atoms. The fourth-order valence-electron chi connectivity index (χ4n) is 1.99. The summed E-state index contributed by atoms with van der Waals surface area (Å²) >= 11 is 3.31. The van der Waals surface area contributed by atoms with Crippen LogP contribution in [0.4, 0.5) is 4.79 Å². The summed E-state index contributed by atoms with van der Waals surface area (Å²) < 4.78 is 6.01. The molecular weight excluding hydrogens is 352 g/mol. The molecule has 2 N–H and O–H groups in total. The fraction of sp³-hybridized carbons (Fsp3) is 0.200. The van der Waals surface area contributed by atoms with Gasteiger partial charge in [0.05, 0.1) is 6.61 Å². The molecule has 0 radical (unpaired) electrons. The highest BCUT2D eigenvalue weighted by molar-refractivity contribution is 9.10. The third kappa shape index (κ3) is 3.14. The molecule has 2 rings (SSSR count). The van der Waals surface area contributed by atoms with Gasteiger partial charge in [-0.3, -0.25) is 9.69 Å². The maximum atomic E-state index is 12.1. The standard InChI is InChI=1S/C15H15BrN2O4/c1-3-5-18-14(20)11(17-15(18)21)7-9-6-10(16)8-12(13(9)19)22-4-2/h3,6-8,19H,1,4-5H2,2H3,(H,17,21)/b11-7+. The molecule has 22 heavy (non-hydrogen) atoms. The summed E-state index contributed by atoms with van der Waals surface area (Å²) in [5.41, 5.74) is 0.449. The van der Waals surface area contributed by atoms with E-state index >= 15 is 0 Å². The predicted molar refractivity (Wildman–Crippen MR) is 85.4 cm³/mol. The van der Waals surface area contributed by atoms with E-state index in [4.69, 9.17) is 4.74 Å². The Morgan fingerprint density at radius 1 is 1.45 bits per heavy atom. The molecule has 0 aliphatic carbocycles. The second-order valence-electron chi connectivity index (χ2n) is 4.47. The normalized spacial score (nSPS) is 16.1. The van der Waals surface area contributed by atoms with Crippen molar-refractivity contribution < 1.29 is 19.4 Å². The van der Waals surface area contributed by atoms with Crippen molar-refractivity contribution in [2.45, 2.75) is 6.92 Å². The van der Waals surface area contributed by atoms with Crippen LogP contribution < -0.4 is 10.1 Å². The Kier molecular flexibility index (Phi) is 4.87. The van der Waals surface area contributed by atoms with E-state index in [1.807, 2.05) is 0 Å². The number of hydrogen-bond acceptors (Lipinski definition) is 4. The van der Waals surface area contributed by atoms with Crippen molar-refractivity contribution in [2.24, 2.45) is 0 Å². The average Bonchev–Trinajstić information content (AvgIpc) is 2.72. The van der Waals surface area contributed by atoms with Crippen LogP contribution in [0.15, 0.2) is 35.0 Å². The first-order valence-corrected chi connectivity index (χ1v) is 7.38. The maximum absolute atomic E-state index is 12.1. The van der Waals surface area contributed by atoms with Gasteiger partial charge in [-0.15, -0.1) is 6.58 Å². The minimum Gasteiger partial charge on any atom is -0.504 e. The quantitative estimate of drug-likeness (QED) is 0.477. The van der Waals surface area contributed by atoms with Crippen molar-refractivity contribution in [1.29, 1.82) is 0 Å². The van der Waals surface area contributed by atoms with Crippen LogP contribution in [0, 0.1) is 0 Å². The van der Waals surface area contributed by atoms with Gasteiger partial charge in [0.2, 0.25) is 0 Å². The lowest BCUT2D eigenvalue weighted by atomic mass is 10.1. The molecule has 0 unspecified atom stereocenters. The van der Waals surface area contributed by atoms with Crippen LogP contribution in [-0.4, -0.2) is 35.1 Å². The zero-order valence-electron chi connectivity index (χ0n) is 11.9. The van der Waals surface area contributed by atoms with Gasteiger partial charge in [0.25, 0.3) is 5.91 Å². The number of urea groups is 1. The summed E-state index contributed by atoms with van der Waals surface area (Å²) in [5.74, 6) is -0.271.